The molecule has 0 amide bonds. The third-order valence-corrected chi connectivity index (χ3v) is 21.5. The van der Waals surface area contributed by atoms with E-state index in [4.69, 9.17) is 18.9 Å². The molecule has 1 aliphatic heterocycles. The van der Waals surface area contributed by atoms with E-state index in [0.717, 1.165) is 61.8 Å². The Labute approximate surface area is 708 Å². The smallest absolute Gasteiger partial charge is 0.231 e. The first-order chi connectivity index (χ1) is 52.4. The highest BCUT2D eigenvalue weighted by atomic mass is 32.1. The third-order valence-electron chi connectivity index (χ3n) is 16.2. The molecule has 114 heavy (non-hydrogen) atoms. The van der Waals surface area contributed by atoms with Gasteiger partial charge in [0.15, 0.2) is 23.0 Å². The molecule has 17 nitrogen and oxygen atoms in total. The van der Waals surface area contributed by atoms with Gasteiger partial charge in [-0.25, -0.2) is 24.9 Å². The van der Waals surface area contributed by atoms with Crippen LogP contribution in [0.3, 0.4) is 0 Å². The van der Waals surface area contributed by atoms with E-state index in [-0.39, 0.29) is 49.1 Å². The topological polar surface area (TPSA) is 173 Å². The molecule has 0 radical (unpaired) electrons. The van der Waals surface area contributed by atoms with Crippen LogP contribution >= 0.6 is 56.7 Å². The number of hydrogen-bond acceptors (Lipinski definition) is 19. The molecule has 0 N–H and O–H groups in total. The Hall–Kier alpha value is -7.18. The molecule has 3 aromatic carbocycles. The van der Waals surface area contributed by atoms with Gasteiger partial charge in [-0.1, -0.05) is 196 Å². The highest BCUT2D eigenvalue weighted by molar-refractivity contribution is 7.14. The first kappa shape index (κ1) is 103. The predicted molar refractivity (Wildman–Crippen MR) is 491 cm³/mol. The molecule has 0 saturated heterocycles. The molecule has 634 valence electrons. The molecule has 8 aromatic heterocycles. The van der Waals surface area contributed by atoms with E-state index >= 15 is 0 Å². The van der Waals surface area contributed by atoms with Crippen LogP contribution in [0.25, 0.3) is 21.5 Å². The van der Waals surface area contributed by atoms with Crippen LogP contribution in [0.15, 0.2) is 137 Å². The molecule has 0 bridgehead atoms. The average molecular weight is 1660 g/mol. The summed E-state index contributed by atoms with van der Waals surface area (Å²) in [5, 5.41) is 30.8. The molecular formula is C92H145N11O6S5. The van der Waals surface area contributed by atoms with Crippen molar-refractivity contribution in [3.05, 3.63) is 185 Å². The number of rotatable bonds is 5. The normalized spacial score (nSPS) is 12.1. The summed E-state index contributed by atoms with van der Waals surface area (Å²) in [7, 11) is 8.24. The highest BCUT2D eigenvalue weighted by Crippen LogP contribution is 2.38. The Kier molecular flexibility index (Phi) is 41.1. The van der Waals surface area contributed by atoms with Crippen molar-refractivity contribution in [2.75, 3.05) is 48.9 Å². The molecule has 0 fully saturated rings. The van der Waals surface area contributed by atoms with Gasteiger partial charge in [0, 0.05) is 129 Å². The van der Waals surface area contributed by atoms with Gasteiger partial charge in [0.2, 0.25) is 6.79 Å². The maximum absolute atomic E-state index is 5.31. The van der Waals surface area contributed by atoms with Crippen molar-refractivity contribution in [1.82, 2.24) is 54.3 Å². The number of methoxy groups -OCH3 is 4. The van der Waals surface area contributed by atoms with Crippen molar-refractivity contribution in [1.29, 1.82) is 0 Å². The number of aromatic nitrogens is 11. The lowest BCUT2D eigenvalue weighted by Gasteiger charge is -2.20. The molecule has 0 atom stereocenters. The first-order valence-corrected chi connectivity index (χ1v) is 43.4. The van der Waals surface area contributed by atoms with E-state index in [9.17, 15) is 0 Å². The van der Waals surface area contributed by atoms with Crippen molar-refractivity contribution in [2.45, 2.75) is 296 Å². The lowest BCUT2D eigenvalue weighted by Crippen LogP contribution is -2.24. The number of fused-ring (bicyclic) bond motifs is 2. The number of benzene rings is 3. The summed E-state index contributed by atoms with van der Waals surface area (Å²) < 4.78 is 34.1. The van der Waals surface area contributed by atoms with Gasteiger partial charge in [-0.3, -0.25) is 4.68 Å². The summed E-state index contributed by atoms with van der Waals surface area (Å²) in [6.07, 6.45) is 13.3. The lowest BCUT2D eigenvalue weighted by atomic mass is 9.87. The molecule has 0 spiro atoms. The number of aryl methyl sites for hydroxylation is 1. The Morgan fingerprint density at radius 3 is 1.25 bits per heavy atom. The molecule has 12 rings (SSSR count). The minimum Gasteiger partial charge on any atom is -0.493 e. The van der Waals surface area contributed by atoms with Crippen molar-refractivity contribution >= 4 is 67.5 Å². The number of ether oxygens (including phenoxy) is 6. The summed E-state index contributed by atoms with van der Waals surface area (Å²) in [6.45, 7) is 74.7. The van der Waals surface area contributed by atoms with Crippen LogP contribution in [0.4, 0.5) is 0 Å². The zero-order chi connectivity index (χ0) is 87.2. The van der Waals surface area contributed by atoms with E-state index in [2.05, 4.69) is 352 Å². The maximum Gasteiger partial charge on any atom is 0.231 e. The molecule has 0 aliphatic carbocycles. The highest BCUT2D eigenvalue weighted by Gasteiger charge is 2.25. The second kappa shape index (κ2) is 45.5. The number of thiazole rings is 5. The van der Waals surface area contributed by atoms with Gasteiger partial charge in [-0.2, -0.15) is 20.1 Å². The second-order valence-electron chi connectivity index (χ2n) is 37.8. The van der Waals surface area contributed by atoms with Crippen LogP contribution in [-0.2, 0) is 64.0 Å². The van der Waals surface area contributed by atoms with E-state index < -0.39 is 0 Å². The zero-order valence-corrected chi connectivity index (χ0v) is 81.3. The molecule has 0 unspecified atom stereocenters. The van der Waals surface area contributed by atoms with E-state index in [0.29, 0.717) is 18.1 Å². The summed E-state index contributed by atoms with van der Waals surface area (Å²) >= 11 is 8.61. The van der Waals surface area contributed by atoms with Gasteiger partial charge >= 0.3 is 0 Å². The standard InChI is InChI=1S/C14H19NO2.C11H14N2S2.C11H19NS.C11H14O2.C10H17NS.C10H14.C7H12N2.C7H11NS.C6H11N3.C3H8O.C2H6O/c1-14(2,3)15-8-10-6-12(16-4)13(17-5)7-11(10)9-15;1-7-12-8(5-14-7)10-13-9(6-15-10)11(2,3)4;1-10(2,3)8-7-13-9(12-8)11(4,5)6;1-11(2,3)8-4-5-9-10(6-8)13-7-12-9;1-7(2)8-6-12-9(11-8)10(3,4)5;1-10(2,3)9-7-5-4-6-8-9;1-7(2,3)9-6-4-5-8-9;1-7(2,3)6-8-4-5-9-6;1-6(2,3)9-7-4-5-8-9;1-3-4-2;1-3-2/h6-9H,1-5H3;5-6H,1-4H3;7H,1-6H3;4-6H,7H2,1-3H3;6-7H,1-5H3;4-8H,1-3H3;4-6H,1-3H3;2*4-5H,1-3H3;3H2,1-2H3;1-2H3. The molecule has 1 aliphatic rings. The molecular weight excluding hydrogens is 1520 g/mol. The van der Waals surface area contributed by atoms with Crippen molar-refractivity contribution in [3.63, 3.8) is 0 Å². The molecule has 11 aromatic rings. The minimum absolute atomic E-state index is 0.0174. The van der Waals surface area contributed by atoms with Crippen LogP contribution in [-0.4, -0.2) is 103 Å². The van der Waals surface area contributed by atoms with Gasteiger partial charge in [-0.05, 0) is 134 Å². The Bertz CT molecular complexity index is 4200. The monoisotopic (exact) mass is 1660 g/mol. The predicted octanol–water partition coefficient (Wildman–Crippen LogP) is 26.3. The van der Waals surface area contributed by atoms with Crippen LogP contribution < -0.4 is 18.9 Å². The minimum atomic E-state index is 0.0174. The second-order valence-corrected chi connectivity index (χ2v) is 42.4. The van der Waals surface area contributed by atoms with Crippen LogP contribution in [0.2, 0.25) is 0 Å². The fourth-order valence-electron chi connectivity index (χ4n) is 9.04. The zero-order valence-electron chi connectivity index (χ0n) is 77.2. The fraction of sp³-hybridized carbons (Fsp3) is 0.565. The summed E-state index contributed by atoms with van der Waals surface area (Å²) in [6, 6.07) is 22.6. The summed E-state index contributed by atoms with van der Waals surface area (Å²) in [4.78, 5) is 24.2. The Morgan fingerprint density at radius 1 is 0.447 bits per heavy atom. The Morgan fingerprint density at radius 2 is 0.930 bits per heavy atom. The van der Waals surface area contributed by atoms with Crippen LogP contribution in [0.1, 0.15) is 283 Å². The summed E-state index contributed by atoms with van der Waals surface area (Å²) in [5.74, 6) is 3.82. The molecule has 0 saturated carbocycles. The van der Waals surface area contributed by atoms with E-state index in [1.165, 1.54) is 37.5 Å². The van der Waals surface area contributed by atoms with E-state index in [1.54, 1.807) is 116 Å². The average Bonchev–Trinajstić information content (AvgIpc) is 1.65. The lowest BCUT2D eigenvalue weighted by molar-refractivity contribution is 0.174. The SMILES string of the molecule is CC(C)(C)c1ccc2c(c1)OCO2.CC(C)(C)c1ccccc1.CC(C)(C)c1csc(C(C)(C)C)n1.CC(C)(C)c1nccs1.CC(C)(C)n1cccn1.CC(C)(C)n1nccn1.CC(C)c1csc(C(C)(C)C)n1.CCOC.COC.COc1cc2cn(C(C)(C)C)cc2cc1OC.Cc1nc(-c2nc(C(C)(C)C)cs2)cs1. The van der Waals surface area contributed by atoms with Crippen LogP contribution in [0.5, 0.6) is 23.0 Å². The van der Waals surface area contributed by atoms with Gasteiger partial charge in [0.1, 0.15) is 10.7 Å². The van der Waals surface area contributed by atoms with E-state index in [1.807, 2.05) is 60.6 Å². The van der Waals surface area contributed by atoms with Gasteiger partial charge in [-0.15, -0.1) is 56.7 Å². The first-order valence-electron chi connectivity index (χ1n) is 39.0. The Balaban J connectivity index is 0.000000433. The molecule has 9 heterocycles. The quantitative estimate of drug-likeness (QED) is 0.159. The van der Waals surface area contributed by atoms with Gasteiger partial charge < -0.3 is 33.0 Å². The van der Waals surface area contributed by atoms with Gasteiger partial charge in [0.05, 0.1) is 74.8 Å². The van der Waals surface area contributed by atoms with Crippen molar-refractivity contribution in [2.24, 2.45) is 0 Å². The largest absolute Gasteiger partial charge is 0.493 e. The van der Waals surface area contributed by atoms with Crippen molar-refractivity contribution < 1.29 is 28.4 Å². The fourth-order valence-corrected chi connectivity index (χ4v) is 13.6. The maximum atomic E-state index is 5.31. The number of hydrogen-bond donors (Lipinski definition) is 0. The van der Waals surface area contributed by atoms with Crippen molar-refractivity contribution in [3.8, 4) is 33.7 Å². The summed E-state index contributed by atoms with van der Waals surface area (Å²) in [5.41, 5.74) is 8.89. The van der Waals surface area contributed by atoms with Gasteiger partial charge in [0.25, 0.3) is 0 Å². The third kappa shape index (κ3) is 37.4. The molecule has 22 heteroatoms. The van der Waals surface area contributed by atoms with Crippen LogP contribution in [0, 0.1) is 6.92 Å². The number of nitrogens with zero attached hydrogens (tertiary/aromatic N) is 11.